The normalized spacial score (nSPS) is 29.0. The van der Waals surface area contributed by atoms with Gasteiger partial charge in [-0.25, -0.2) is 0 Å². The summed E-state index contributed by atoms with van der Waals surface area (Å²) >= 11 is 0. The smallest absolute Gasteiger partial charge is 0.0301 e. The Morgan fingerprint density at radius 1 is 1.33 bits per heavy atom. The first-order chi connectivity index (χ1) is 5.83. The van der Waals surface area contributed by atoms with Gasteiger partial charge in [0.15, 0.2) is 0 Å². The number of hydrogen-bond donors (Lipinski definition) is 2. The Hall–Kier alpha value is -0.0800. The minimum Gasteiger partial charge on any atom is -0.329 e. The van der Waals surface area contributed by atoms with Gasteiger partial charge in [0.2, 0.25) is 0 Å². The van der Waals surface area contributed by atoms with Crippen LogP contribution in [0.25, 0.3) is 0 Å². The molecule has 74 valence electrons. The highest BCUT2D eigenvalue weighted by Crippen LogP contribution is 2.20. The van der Waals surface area contributed by atoms with Crippen molar-refractivity contribution in [1.29, 1.82) is 0 Å². The van der Waals surface area contributed by atoms with E-state index in [1.165, 1.54) is 25.7 Å². The van der Waals surface area contributed by atoms with E-state index in [4.69, 9.17) is 5.73 Å². The van der Waals surface area contributed by atoms with Crippen LogP contribution in [0, 0.1) is 0 Å². The summed E-state index contributed by atoms with van der Waals surface area (Å²) in [6, 6.07) is 0. The van der Waals surface area contributed by atoms with Crippen molar-refractivity contribution in [3.8, 4) is 0 Å². The molecule has 1 aliphatic heterocycles. The molecule has 3 N–H and O–H groups in total. The second kappa shape index (κ2) is 6.44. The molecular formula is C10H24N2. The van der Waals surface area contributed by atoms with Crippen molar-refractivity contribution < 1.29 is 0 Å². The summed E-state index contributed by atoms with van der Waals surface area (Å²) in [4.78, 5) is 0. The first-order valence-corrected chi connectivity index (χ1v) is 5.28. The van der Waals surface area contributed by atoms with Gasteiger partial charge >= 0.3 is 0 Å². The van der Waals surface area contributed by atoms with E-state index in [1.54, 1.807) is 0 Å². The Labute approximate surface area is 76.9 Å². The predicted octanol–water partition coefficient (Wildman–Crippen LogP) is 1.89. The fraction of sp³-hybridized carbons (Fsp3) is 1.00. The van der Waals surface area contributed by atoms with Crippen LogP contribution in [-0.4, -0.2) is 18.6 Å². The maximum atomic E-state index is 5.69. The van der Waals surface area contributed by atoms with E-state index in [9.17, 15) is 0 Å². The lowest BCUT2D eigenvalue weighted by atomic mass is 9.87. The van der Waals surface area contributed by atoms with Gasteiger partial charge in [-0.15, -0.1) is 0 Å². The van der Waals surface area contributed by atoms with Crippen molar-refractivity contribution in [3.63, 3.8) is 0 Å². The second-order valence-corrected chi connectivity index (χ2v) is 3.22. The van der Waals surface area contributed by atoms with Gasteiger partial charge in [0, 0.05) is 12.1 Å². The maximum absolute atomic E-state index is 5.69. The highest BCUT2D eigenvalue weighted by molar-refractivity contribution is 4.90. The van der Waals surface area contributed by atoms with Gasteiger partial charge in [-0.2, -0.15) is 0 Å². The topological polar surface area (TPSA) is 38.0 Å². The molecule has 0 amide bonds. The lowest BCUT2D eigenvalue weighted by Crippen LogP contribution is -2.53. The summed E-state index contributed by atoms with van der Waals surface area (Å²) in [6.45, 7) is 8.17. The van der Waals surface area contributed by atoms with Gasteiger partial charge in [0.05, 0.1) is 0 Å². The van der Waals surface area contributed by atoms with Crippen molar-refractivity contribution in [2.45, 2.75) is 52.0 Å². The Morgan fingerprint density at radius 2 is 2.00 bits per heavy atom. The molecule has 0 radical (unpaired) electrons. The van der Waals surface area contributed by atoms with Gasteiger partial charge in [-0.1, -0.05) is 27.2 Å². The summed E-state index contributed by atoms with van der Waals surface area (Å²) in [5.74, 6) is 0. The number of rotatable bonds is 2. The number of nitrogens with two attached hydrogens (primary N) is 1. The minimum absolute atomic E-state index is 0.290. The zero-order chi connectivity index (χ0) is 9.45. The third-order valence-corrected chi connectivity index (χ3v) is 2.65. The van der Waals surface area contributed by atoms with Gasteiger partial charge in [0.25, 0.3) is 0 Å². The van der Waals surface area contributed by atoms with E-state index in [0.29, 0.717) is 0 Å². The third-order valence-electron chi connectivity index (χ3n) is 2.65. The van der Waals surface area contributed by atoms with Gasteiger partial charge < -0.3 is 11.1 Å². The van der Waals surface area contributed by atoms with Gasteiger partial charge in [-0.3, -0.25) is 0 Å². The minimum atomic E-state index is 0.290. The first-order valence-electron chi connectivity index (χ1n) is 5.28. The molecule has 1 fully saturated rings. The molecule has 0 bridgehead atoms. The molecule has 2 nitrogen and oxygen atoms in total. The van der Waals surface area contributed by atoms with Crippen LogP contribution < -0.4 is 11.1 Å². The quantitative estimate of drug-likeness (QED) is 0.667. The molecule has 0 aromatic heterocycles. The van der Waals surface area contributed by atoms with Crippen molar-refractivity contribution in [2.75, 3.05) is 13.1 Å². The van der Waals surface area contributed by atoms with Crippen molar-refractivity contribution in [2.24, 2.45) is 5.73 Å². The molecule has 1 atom stereocenters. The Kier molecular flexibility index (Phi) is 6.39. The first kappa shape index (κ1) is 11.9. The summed E-state index contributed by atoms with van der Waals surface area (Å²) in [6.07, 6.45) is 5.10. The van der Waals surface area contributed by atoms with E-state index in [1.807, 2.05) is 13.8 Å². The van der Waals surface area contributed by atoms with E-state index in [0.717, 1.165) is 13.1 Å². The van der Waals surface area contributed by atoms with Crippen LogP contribution in [0.5, 0.6) is 0 Å². The SMILES string of the molecule is CC.CCC1(CN)CCCCN1. The Morgan fingerprint density at radius 3 is 2.25 bits per heavy atom. The van der Waals surface area contributed by atoms with E-state index >= 15 is 0 Å². The van der Waals surface area contributed by atoms with E-state index in [-0.39, 0.29) is 5.54 Å². The van der Waals surface area contributed by atoms with Crippen LogP contribution >= 0.6 is 0 Å². The van der Waals surface area contributed by atoms with Crippen LogP contribution in [0.1, 0.15) is 46.5 Å². The average molecular weight is 172 g/mol. The molecule has 12 heavy (non-hydrogen) atoms. The summed E-state index contributed by atoms with van der Waals surface area (Å²) in [5.41, 5.74) is 5.98. The molecule has 1 rings (SSSR count). The Bertz CT molecular complexity index is 90.0. The lowest BCUT2D eigenvalue weighted by Gasteiger charge is -2.36. The Balaban J connectivity index is 0.000000561. The van der Waals surface area contributed by atoms with Crippen LogP contribution in [0.2, 0.25) is 0 Å². The molecule has 1 aliphatic rings. The molecule has 0 aromatic carbocycles. The third kappa shape index (κ3) is 3.11. The maximum Gasteiger partial charge on any atom is 0.0301 e. The van der Waals surface area contributed by atoms with Crippen LogP contribution in [0.15, 0.2) is 0 Å². The molecule has 0 spiro atoms. The molecule has 1 saturated heterocycles. The van der Waals surface area contributed by atoms with Crippen LogP contribution in [0.3, 0.4) is 0 Å². The van der Waals surface area contributed by atoms with E-state index in [2.05, 4.69) is 12.2 Å². The standard InChI is InChI=1S/C8H18N2.C2H6/c1-2-8(7-9)5-3-4-6-10-8;1-2/h10H,2-7,9H2,1H3;1-2H3. The highest BCUT2D eigenvalue weighted by Gasteiger charge is 2.27. The zero-order valence-corrected chi connectivity index (χ0v) is 8.82. The van der Waals surface area contributed by atoms with Gasteiger partial charge in [-0.05, 0) is 25.8 Å². The molecule has 0 aromatic rings. The number of nitrogens with one attached hydrogen (secondary N) is 1. The van der Waals surface area contributed by atoms with Crippen LogP contribution in [-0.2, 0) is 0 Å². The molecule has 0 saturated carbocycles. The van der Waals surface area contributed by atoms with E-state index < -0.39 is 0 Å². The summed E-state index contributed by atoms with van der Waals surface area (Å²) in [5, 5.41) is 3.51. The molecule has 1 unspecified atom stereocenters. The second-order valence-electron chi connectivity index (χ2n) is 3.22. The lowest BCUT2D eigenvalue weighted by molar-refractivity contribution is 0.253. The van der Waals surface area contributed by atoms with Gasteiger partial charge in [0.1, 0.15) is 0 Å². The van der Waals surface area contributed by atoms with Crippen LogP contribution in [0.4, 0.5) is 0 Å². The van der Waals surface area contributed by atoms with Crippen molar-refractivity contribution >= 4 is 0 Å². The van der Waals surface area contributed by atoms with Crippen molar-refractivity contribution in [1.82, 2.24) is 5.32 Å². The monoisotopic (exact) mass is 172 g/mol. The zero-order valence-electron chi connectivity index (χ0n) is 8.82. The summed E-state index contributed by atoms with van der Waals surface area (Å²) in [7, 11) is 0. The molecular weight excluding hydrogens is 148 g/mol. The molecule has 1 heterocycles. The summed E-state index contributed by atoms with van der Waals surface area (Å²) < 4.78 is 0. The average Bonchev–Trinajstić information content (AvgIpc) is 2.22. The predicted molar refractivity (Wildman–Crippen MR) is 55.3 cm³/mol. The van der Waals surface area contributed by atoms with Crippen molar-refractivity contribution in [3.05, 3.63) is 0 Å². The highest BCUT2D eigenvalue weighted by atomic mass is 15.0. The molecule has 0 aliphatic carbocycles. The number of piperidine rings is 1. The fourth-order valence-corrected chi connectivity index (χ4v) is 1.65. The largest absolute Gasteiger partial charge is 0.329 e. The number of hydrogen-bond acceptors (Lipinski definition) is 2. The fourth-order valence-electron chi connectivity index (χ4n) is 1.65. The molecule has 2 heteroatoms.